The van der Waals surface area contributed by atoms with E-state index in [1.165, 1.54) is 41.2 Å². The van der Waals surface area contributed by atoms with Crippen LogP contribution < -0.4 is 10.2 Å². The van der Waals surface area contributed by atoms with Crippen LogP contribution in [0.2, 0.25) is 0 Å². The van der Waals surface area contributed by atoms with Gasteiger partial charge in [0.25, 0.3) is 10.2 Å². The van der Waals surface area contributed by atoms with E-state index in [9.17, 15) is 13.2 Å². The van der Waals surface area contributed by atoms with Gasteiger partial charge in [0.1, 0.15) is 0 Å². The minimum Gasteiger partial charge on any atom is -0.371 e. The highest BCUT2D eigenvalue weighted by molar-refractivity contribution is 7.86. The number of nitrogens with zero attached hydrogens (tertiary/aromatic N) is 3. The molecule has 0 unspecified atom stereocenters. The number of hydrogen-bond donors (Lipinski definition) is 1. The minimum atomic E-state index is -3.47. The summed E-state index contributed by atoms with van der Waals surface area (Å²) in [6.07, 6.45) is 3.96. The molecule has 0 saturated carbocycles. The van der Waals surface area contributed by atoms with Crippen LogP contribution in [0.25, 0.3) is 0 Å². The maximum Gasteiger partial charge on any atom is 0.281 e. The van der Waals surface area contributed by atoms with E-state index in [4.69, 9.17) is 0 Å². The number of anilines is 1. The van der Waals surface area contributed by atoms with Crippen molar-refractivity contribution in [2.24, 2.45) is 11.8 Å². The summed E-state index contributed by atoms with van der Waals surface area (Å²) >= 11 is 0. The van der Waals surface area contributed by atoms with Crippen LogP contribution in [-0.4, -0.2) is 63.2 Å². The van der Waals surface area contributed by atoms with Gasteiger partial charge < -0.3 is 10.2 Å². The Morgan fingerprint density at radius 1 is 1.10 bits per heavy atom. The third kappa shape index (κ3) is 5.49. The van der Waals surface area contributed by atoms with Crippen molar-refractivity contribution in [3.8, 4) is 0 Å². The third-order valence-electron chi connectivity index (χ3n) is 5.97. The van der Waals surface area contributed by atoms with Crippen molar-refractivity contribution >= 4 is 21.8 Å². The predicted octanol–water partition coefficient (Wildman–Crippen LogP) is 2.06. The molecule has 0 spiro atoms. The molecule has 7 nitrogen and oxygen atoms in total. The fourth-order valence-electron chi connectivity index (χ4n) is 4.18. The van der Waals surface area contributed by atoms with Crippen LogP contribution >= 0.6 is 0 Å². The molecule has 2 fully saturated rings. The van der Waals surface area contributed by atoms with Crippen molar-refractivity contribution in [3.63, 3.8) is 0 Å². The average Bonchev–Trinajstić information content (AvgIpc) is 2.72. The topological polar surface area (TPSA) is 73.0 Å². The zero-order chi connectivity index (χ0) is 21.0. The van der Waals surface area contributed by atoms with Gasteiger partial charge in [0, 0.05) is 52.5 Å². The van der Waals surface area contributed by atoms with Crippen LogP contribution in [0.1, 0.15) is 38.2 Å². The van der Waals surface area contributed by atoms with Gasteiger partial charge in [0.2, 0.25) is 5.91 Å². The number of nitrogens with one attached hydrogen (secondary N) is 1. The van der Waals surface area contributed by atoms with E-state index in [1.807, 2.05) is 0 Å². The summed E-state index contributed by atoms with van der Waals surface area (Å²) in [5, 5.41) is 2.99. The quantitative estimate of drug-likeness (QED) is 0.762. The highest BCUT2D eigenvalue weighted by Gasteiger charge is 2.33. The molecule has 1 N–H and O–H groups in total. The Labute approximate surface area is 175 Å². The van der Waals surface area contributed by atoms with Crippen molar-refractivity contribution in [3.05, 3.63) is 29.8 Å². The zero-order valence-electron chi connectivity index (χ0n) is 17.8. The van der Waals surface area contributed by atoms with E-state index in [1.54, 1.807) is 0 Å². The van der Waals surface area contributed by atoms with Gasteiger partial charge in [-0.2, -0.15) is 17.0 Å². The number of carbonyl (C=O) groups is 1. The molecule has 2 aliphatic rings. The van der Waals surface area contributed by atoms with Gasteiger partial charge in [0.15, 0.2) is 0 Å². The number of amides is 1. The summed E-state index contributed by atoms with van der Waals surface area (Å²) in [5.74, 6) is 0.360. The Kier molecular flexibility index (Phi) is 7.19. The average molecular weight is 423 g/mol. The zero-order valence-corrected chi connectivity index (χ0v) is 18.6. The maximum absolute atomic E-state index is 12.6. The standard InChI is InChI=1S/C21H34N4O3S/c1-17-6-4-12-24(15-17)20-10-8-18(9-11-20)14-22-21(26)19-7-5-13-25(16-19)29(27,28)23(2)3/h8-11,17,19H,4-7,12-16H2,1-3H3,(H,22,26)/t17-,19+/m0/s1. The van der Waals surface area contributed by atoms with Crippen molar-refractivity contribution in [1.29, 1.82) is 0 Å². The Hall–Kier alpha value is -1.64. The molecule has 2 saturated heterocycles. The van der Waals surface area contributed by atoms with Crippen LogP contribution in [0.5, 0.6) is 0 Å². The summed E-state index contributed by atoms with van der Waals surface area (Å²) < 4.78 is 27.3. The van der Waals surface area contributed by atoms with Gasteiger partial charge in [-0.3, -0.25) is 4.79 Å². The van der Waals surface area contributed by atoms with Crippen molar-refractivity contribution in [2.75, 3.05) is 45.2 Å². The van der Waals surface area contributed by atoms with Gasteiger partial charge in [-0.05, 0) is 49.3 Å². The van der Waals surface area contributed by atoms with E-state index in [2.05, 4.69) is 41.4 Å². The lowest BCUT2D eigenvalue weighted by molar-refractivity contribution is -0.126. The number of hydrogen-bond acceptors (Lipinski definition) is 4. The smallest absolute Gasteiger partial charge is 0.281 e. The molecule has 2 atom stereocenters. The molecule has 0 radical (unpaired) electrons. The second-order valence-electron chi connectivity index (χ2n) is 8.57. The second-order valence-corrected chi connectivity index (χ2v) is 10.7. The van der Waals surface area contributed by atoms with Crippen LogP contribution in [-0.2, 0) is 21.5 Å². The van der Waals surface area contributed by atoms with Crippen LogP contribution in [0, 0.1) is 11.8 Å². The summed E-state index contributed by atoms with van der Waals surface area (Å²) in [6, 6.07) is 8.40. The molecule has 8 heteroatoms. The van der Waals surface area contributed by atoms with Crippen LogP contribution in [0.4, 0.5) is 5.69 Å². The highest BCUT2D eigenvalue weighted by atomic mass is 32.2. The lowest BCUT2D eigenvalue weighted by atomic mass is 9.98. The normalized spacial score (nSPS) is 23.9. The number of piperidine rings is 2. The van der Waals surface area contributed by atoms with Crippen molar-refractivity contribution < 1.29 is 13.2 Å². The van der Waals surface area contributed by atoms with Crippen LogP contribution in [0.3, 0.4) is 0 Å². The Morgan fingerprint density at radius 2 is 1.79 bits per heavy atom. The Balaban J connectivity index is 1.52. The largest absolute Gasteiger partial charge is 0.371 e. The summed E-state index contributed by atoms with van der Waals surface area (Å²) in [5.41, 5.74) is 2.30. The van der Waals surface area contributed by atoms with Crippen LogP contribution in [0.15, 0.2) is 24.3 Å². The molecule has 3 rings (SSSR count). The molecular weight excluding hydrogens is 388 g/mol. The molecule has 1 aromatic rings. The number of benzene rings is 1. The first-order chi connectivity index (χ1) is 13.8. The lowest BCUT2D eigenvalue weighted by Crippen LogP contribution is -2.48. The van der Waals surface area contributed by atoms with E-state index in [0.717, 1.165) is 31.0 Å². The summed E-state index contributed by atoms with van der Waals surface area (Å²) in [6.45, 7) is 5.69. The van der Waals surface area contributed by atoms with Crippen molar-refractivity contribution in [1.82, 2.24) is 13.9 Å². The Morgan fingerprint density at radius 3 is 2.45 bits per heavy atom. The monoisotopic (exact) mass is 422 g/mol. The van der Waals surface area contributed by atoms with Gasteiger partial charge >= 0.3 is 0 Å². The van der Waals surface area contributed by atoms with Crippen molar-refractivity contribution in [2.45, 2.75) is 39.2 Å². The molecule has 0 aromatic heterocycles. The predicted molar refractivity (Wildman–Crippen MR) is 116 cm³/mol. The van der Waals surface area contributed by atoms with E-state index >= 15 is 0 Å². The fraction of sp³-hybridized carbons (Fsp3) is 0.667. The third-order valence-corrected chi connectivity index (χ3v) is 7.87. The van der Waals surface area contributed by atoms with Gasteiger partial charge in [-0.15, -0.1) is 0 Å². The Bertz CT molecular complexity index is 795. The molecule has 162 valence electrons. The molecular formula is C21H34N4O3S. The highest BCUT2D eigenvalue weighted by Crippen LogP contribution is 2.24. The molecule has 2 heterocycles. The summed E-state index contributed by atoms with van der Waals surface area (Å²) in [4.78, 5) is 15.0. The first-order valence-electron chi connectivity index (χ1n) is 10.6. The van der Waals surface area contributed by atoms with E-state index < -0.39 is 10.2 Å². The minimum absolute atomic E-state index is 0.0717. The fourth-order valence-corrected chi connectivity index (χ4v) is 5.37. The van der Waals surface area contributed by atoms with E-state index in [0.29, 0.717) is 19.5 Å². The van der Waals surface area contributed by atoms with Gasteiger partial charge in [-0.25, -0.2) is 0 Å². The van der Waals surface area contributed by atoms with Gasteiger partial charge in [-0.1, -0.05) is 19.1 Å². The molecule has 0 aliphatic carbocycles. The van der Waals surface area contributed by atoms with E-state index in [-0.39, 0.29) is 18.4 Å². The molecule has 29 heavy (non-hydrogen) atoms. The maximum atomic E-state index is 12.6. The number of rotatable bonds is 6. The first kappa shape index (κ1) is 22.1. The first-order valence-corrected chi connectivity index (χ1v) is 12.0. The van der Waals surface area contributed by atoms with Gasteiger partial charge in [0.05, 0.1) is 5.92 Å². The lowest BCUT2D eigenvalue weighted by Gasteiger charge is -2.33. The SMILES string of the molecule is C[C@H]1CCCN(c2ccc(CNC(=O)[C@@H]3CCCN(S(=O)(=O)N(C)C)C3)cc2)C1. The summed E-state index contributed by atoms with van der Waals surface area (Å²) in [7, 11) is -0.429. The molecule has 0 bridgehead atoms. The molecule has 1 aromatic carbocycles. The second kappa shape index (κ2) is 9.45. The number of carbonyl (C=O) groups excluding carboxylic acids is 1. The molecule has 1 amide bonds. The molecule has 2 aliphatic heterocycles.